The molecule has 0 bridgehead atoms. The van der Waals surface area contributed by atoms with Crippen LogP contribution in [0.3, 0.4) is 0 Å². The Morgan fingerprint density at radius 1 is 1.13 bits per heavy atom. The number of cyclic esters (lactones) is 1. The van der Waals surface area contributed by atoms with Crippen LogP contribution in [0.1, 0.15) is 27.4 Å². The second kappa shape index (κ2) is 9.23. The summed E-state index contributed by atoms with van der Waals surface area (Å²) in [4.78, 5) is 25.9. The van der Waals surface area contributed by atoms with Crippen LogP contribution in [0.5, 0.6) is 0 Å². The van der Waals surface area contributed by atoms with Gasteiger partial charge in [-0.05, 0) is 37.3 Å². The number of carbonyl (C=O) groups is 2. The molecule has 3 aromatic rings. The molecular weight excluding hydrogens is 468 g/mol. The number of carbonyl (C=O) groups excluding carboxylic acids is 2. The minimum atomic E-state index is -0.442. The van der Waals surface area contributed by atoms with Gasteiger partial charge in [0.25, 0.3) is 0 Å². The van der Waals surface area contributed by atoms with E-state index in [9.17, 15) is 9.59 Å². The topological polar surface area (TPSA) is 75.5 Å². The summed E-state index contributed by atoms with van der Waals surface area (Å²) in [6.45, 7) is 1.88. The van der Waals surface area contributed by atoms with Crippen LogP contribution in [0, 0.1) is 11.6 Å². The first-order chi connectivity index (χ1) is 14.3. The Labute approximate surface area is 187 Å². The van der Waals surface area contributed by atoms with Crippen LogP contribution in [0.25, 0.3) is 23.2 Å². The SMILES string of the molecule is CN(C)C=O.Cc1cc2c(c(=S)[nH]1)C(=O)O/C2=C\c1ccc(-c2ccc(Br)cc2)o1. The number of hydrogen-bond acceptors (Lipinski definition) is 5. The number of nitrogens with zero attached hydrogens (tertiary/aromatic N) is 1. The maximum absolute atomic E-state index is 12.1. The number of aromatic nitrogens is 1. The van der Waals surface area contributed by atoms with Crippen LogP contribution in [-0.2, 0) is 9.53 Å². The van der Waals surface area contributed by atoms with Crippen LogP contribution in [0.15, 0.2) is 51.4 Å². The van der Waals surface area contributed by atoms with Gasteiger partial charge in [-0.1, -0.05) is 40.3 Å². The lowest BCUT2D eigenvalue weighted by Crippen LogP contribution is -2.06. The highest BCUT2D eigenvalue weighted by Gasteiger charge is 2.28. The normalized spacial score (nSPS) is 13.3. The first-order valence-corrected chi connectivity index (χ1v) is 10.1. The fourth-order valence-electron chi connectivity index (χ4n) is 2.73. The molecule has 1 aliphatic rings. The molecule has 3 heterocycles. The van der Waals surface area contributed by atoms with E-state index in [1.165, 1.54) is 4.90 Å². The molecule has 6 nitrogen and oxygen atoms in total. The summed E-state index contributed by atoms with van der Waals surface area (Å²) in [5, 5.41) is 0. The number of aryl methyl sites for hydroxylation is 1. The average Bonchev–Trinajstić information content (AvgIpc) is 3.28. The van der Waals surface area contributed by atoms with Crippen LogP contribution < -0.4 is 0 Å². The number of fused-ring (bicyclic) bond motifs is 1. The number of halogens is 1. The number of esters is 1. The molecule has 1 aromatic carbocycles. The second-order valence-corrected chi connectivity index (χ2v) is 8.07. The van der Waals surface area contributed by atoms with E-state index >= 15 is 0 Å². The van der Waals surface area contributed by atoms with Gasteiger partial charge < -0.3 is 19.0 Å². The van der Waals surface area contributed by atoms with Crippen molar-refractivity contribution in [3.63, 3.8) is 0 Å². The lowest BCUT2D eigenvalue weighted by atomic mass is 10.1. The van der Waals surface area contributed by atoms with Crippen molar-refractivity contribution in [1.29, 1.82) is 0 Å². The van der Waals surface area contributed by atoms with Gasteiger partial charge in [-0.15, -0.1) is 0 Å². The Morgan fingerprint density at radius 3 is 2.43 bits per heavy atom. The Kier molecular flexibility index (Phi) is 6.69. The number of furan rings is 1. The molecule has 0 aliphatic carbocycles. The molecule has 8 heteroatoms. The van der Waals surface area contributed by atoms with E-state index < -0.39 is 5.97 Å². The predicted molar refractivity (Wildman–Crippen MR) is 121 cm³/mol. The van der Waals surface area contributed by atoms with Crippen molar-refractivity contribution in [3.8, 4) is 11.3 Å². The summed E-state index contributed by atoms with van der Waals surface area (Å²) in [6, 6.07) is 13.4. The molecule has 0 saturated heterocycles. The maximum atomic E-state index is 12.1. The smallest absolute Gasteiger partial charge is 0.347 e. The predicted octanol–water partition coefficient (Wildman–Crippen LogP) is 5.45. The highest BCUT2D eigenvalue weighted by molar-refractivity contribution is 9.10. The average molecular weight is 487 g/mol. The minimum absolute atomic E-state index is 0.387. The molecule has 154 valence electrons. The molecule has 0 radical (unpaired) electrons. The summed E-state index contributed by atoms with van der Waals surface area (Å²) in [5.74, 6) is 1.34. The van der Waals surface area contributed by atoms with Crippen molar-refractivity contribution in [2.75, 3.05) is 14.1 Å². The van der Waals surface area contributed by atoms with Gasteiger partial charge in [0.1, 0.15) is 27.5 Å². The van der Waals surface area contributed by atoms with Crippen LogP contribution >= 0.6 is 28.1 Å². The summed E-state index contributed by atoms with van der Waals surface area (Å²) < 4.78 is 12.6. The number of ether oxygens (including phenoxy) is 1. The highest BCUT2D eigenvalue weighted by atomic mass is 79.9. The van der Waals surface area contributed by atoms with Gasteiger partial charge >= 0.3 is 5.97 Å². The molecule has 0 unspecified atom stereocenters. The molecule has 0 spiro atoms. The Morgan fingerprint density at radius 2 is 1.80 bits per heavy atom. The van der Waals surface area contributed by atoms with Gasteiger partial charge in [0.2, 0.25) is 6.41 Å². The van der Waals surface area contributed by atoms with Crippen LogP contribution in [0.2, 0.25) is 0 Å². The monoisotopic (exact) mass is 486 g/mol. The number of rotatable bonds is 3. The third-order valence-electron chi connectivity index (χ3n) is 4.08. The number of hydrogen-bond donors (Lipinski definition) is 1. The fourth-order valence-corrected chi connectivity index (χ4v) is 3.35. The standard InChI is InChI=1S/C19H12BrNO3S.C3H7NO/c1-10-8-14-16(24-19(22)17(14)18(25)21-10)9-13-6-7-15(23-13)11-2-4-12(20)5-3-11;1-4(2)3-5/h2-9H,1H3,(H,21,25);3H,1-2H3/b16-9-;. The molecule has 1 aliphatic heterocycles. The summed E-state index contributed by atoms with van der Waals surface area (Å²) in [7, 11) is 3.38. The lowest BCUT2D eigenvalue weighted by molar-refractivity contribution is -0.115. The van der Waals surface area contributed by atoms with E-state index in [1.807, 2.05) is 49.4 Å². The van der Waals surface area contributed by atoms with Gasteiger partial charge in [-0.2, -0.15) is 0 Å². The van der Waals surface area contributed by atoms with E-state index in [4.69, 9.17) is 21.4 Å². The second-order valence-electron chi connectivity index (χ2n) is 6.75. The maximum Gasteiger partial charge on any atom is 0.347 e. The molecule has 1 N–H and O–H groups in total. The number of benzene rings is 1. The molecule has 0 saturated carbocycles. The first-order valence-electron chi connectivity index (χ1n) is 8.94. The number of pyridine rings is 1. The van der Waals surface area contributed by atoms with Crippen molar-refractivity contribution in [1.82, 2.24) is 9.88 Å². The summed E-state index contributed by atoms with van der Waals surface area (Å²) in [5.41, 5.74) is 2.91. The van der Waals surface area contributed by atoms with Crippen molar-refractivity contribution in [2.45, 2.75) is 6.92 Å². The molecular formula is C22H19BrN2O4S. The first kappa shape index (κ1) is 21.7. The van der Waals surface area contributed by atoms with E-state index in [0.717, 1.165) is 27.9 Å². The number of amides is 1. The van der Waals surface area contributed by atoms with Gasteiger partial charge in [-0.3, -0.25) is 4.79 Å². The van der Waals surface area contributed by atoms with Crippen molar-refractivity contribution in [3.05, 3.63) is 74.2 Å². The van der Waals surface area contributed by atoms with Gasteiger partial charge in [0, 0.05) is 41.5 Å². The lowest BCUT2D eigenvalue weighted by Gasteiger charge is -2.00. The van der Waals surface area contributed by atoms with Crippen molar-refractivity contribution < 1.29 is 18.7 Å². The Bertz CT molecular complexity index is 1180. The van der Waals surface area contributed by atoms with Crippen LogP contribution in [-0.4, -0.2) is 36.4 Å². The minimum Gasteiger partial charge on any atom is -0.457 e. The Balaban J connectivity index is 0.000000461. The summed E-state index contributed by atoms with van der Waals surface area (Å²) in [6.07, 6.45) is 2.46. The van der Waals surface area contributed by atoms with Crippen molar-refractivity contribution >= 4 is 52.4 Å². The van der Waals surface area contributed by atoms with Gasteiger partial charge in [0.05, 0.1) is 0 Å². The zero-order valence-electron chi connectivity index (χ0n) is 16.6. The van der Waals surface area contributed by atoms with E-state index in [0.29, 0.717) is 27.3 Å². The van der Waals surface area contributed by atoms with E-state index in [1.54, 1.807) is 20.2 Å². The largest absolute Gasteiger partial charge is 0.457 e. The van der Waals surface area contributed by atoms with Gasteiger partial charge in [0.15, 0.2) is 0 Å². The number of aromatic amines is 1. The van der Waals surface area contributed by atoms with Crippen LogP contribution in [0.4, 0.5) is 0 Å². The van der Waals surface area contributed by atoms with Crippen molar-refractivity contribution in [2.24, 2.45) is 0 Å². The third-order valence-corrected chi connectivity index (χ3v) is 4.91. The molecule has 4 rings (SSSR count). The van der Waals surface area contributed by atoms with Gasteiger partial charge in [-0.25, -0.2) is 4.79 Å². The third kappa shape index (κ3) is 4.95. The molecule has 2 aromatic heterocycles. The molecule has 1 amide bonds. The molecule has 0 atom stereocenters. The molecule has 30 heavy (non-hydrogen) atoms. The molecule has 0 fully saturated rings. The quantitative estimate of drug-likeness (QED) is 0.302. The summed E-state index contributed by atoms with van der Waals surface area (Å²) >= 11 is 8.64. The van der Waals surface area contributed by atoms with E-state index in [2.05, 4.69) is 20.9 Å². The highest BCUT2D eigenvalue weighted by Crippen LogP contribution is 2.33. The number of H-pyrrole nitrogens is 1. The Hall–Kier alpha value is -2.97. The zero-order chi connectivity index (χ0) is 21.8. The fraction of sp³-hybridized carbons (Fsp3) is 0.136. The zero-order valence-corrected chi connectivity index (χ0v) is 19.0. The van der Waals surface area contributed by atoms with E-state index in [-0.39, 0.29) is 0 Å². The number of nitrogens with one attached hydrogen (secondary N) is 1.